The fraction of sp³-hybridized carbons (Fsp3) is 0. The van der Waals surface area contributed by atoms with Crippen molar-refractivity contribution in [2.75, 3.05) is 0 Å². The third kappa shape index (κ3) is 3.14. The van der Waals surface area contributed by atoms with Crippen molar-refractivity contribution in [3.63, 3.8) is 0 Å². The first-order chi connectivity index (χ1) is 10.2. The number of benzene rings is 1. The van der Waals surface area contributed by atoms with Crippen molar-refractivity contribution in [2.24, 2.45) is 4.99 Å². The Labute approximate surface area is 128 Å². The molecule has 1 aromatic carbocycles. The number of hydrogen-bond donors (Lipinski definition) is 1. The molecule has 0 saturated carbocycles. The lowest BCUT2D eigenvalue weighted by Crippen LogP contribution is -1.84. The lowest BCUT2D eigenvalue weighted by molar-refractivity contribution is 0.337. The van der Waals surface area contributed by atoms with Crippen molar-refractivity contribution in [3.05, 3.63) is 52.9 Å². The first kappa shape index (κ1) is 13.4. The quantitative estimate of drug-likeness (QED) is 0.736. The molecule has 0 fully saturated rings. The molecule has 3 aromatic rings. The van der Waals surface area contributed by atoms with Gasteiger partial charge in [-0.05, 0) is 30.3 Å². The summed E-state index contributed by atoms with van der Waals surface area (Å²) in [5, 5.41) is 9.75. The van der Waals surface area contributed by atoms with Gasteiger partial charge >= 0.3 is 5.95 Å². The average molecular weight is 345 g/mol. The summed E-state index contributed by atoms with van der Waals surface area (Å²) in [6.07, 6.45) is 4.52. The minimum absolute atomic E-state index is 0.223. The van der Waals surface area contributed by atoms with Gasteiger partial charge in [0.25, 0.3) is 0 Å². The second-order valence-corrected chi connectivity index (χ2v) is 4.94. The molecule has 7 heteroatoms. The highest BCUT2D eigenvalue weighted by Crippen LogP contribution is 2.26. The van der Waals surface area contributed by atoms with E-state index in [0.717, 1.165) is 10.0 Å². The Morgan fingerprint density at radius 1 is 1.14 bits per heavy atom. The van der Waals surface area contributed by atoms with Crippen molar-refractivity contribution in [3.8, 4) is 17.4 Å². The summed E-state index contributed by atoms with van der Waals surface area (Å²) in [6, 6.07) is 9.08. The Bertz CT molecular complexity index is 769. The standard InChI is InChI=1S/C14H9BrN4O2/c15-10-4-2-9(3-5-10)12-19-11(13(20)21-12)8-18-14-16-6-1-7-17-14/h1-8,20H. The van der Waals surface area contributed by atoms with Crippen molar-refractivity contribution < 1.29 is 9.52 Å². The maximum Gasteiger partial charge on any atom is 0.312 e. The van der Waals surface area contributed by atoms with Crippen LogP contribution in [0, 0.1) is 0 Å². The molecular weight excluding hydrogens is 336 g/mol. The minimum atomic E-state index is -0.299. The normalized spacial score (nSPS) is 11.1. The molecule has 104 valence electrons. The third-order valence-corrected chi connectivity index (χ3v) is 3.11. The van der Waals surface area contributed by atoms with E-state index in [4.69, 9.17) is 4.42 Å². The van der Waals surface area contributed by atoms with Crippen LogP contribution in [0.25, 0.3) is 11.5 Å². The van der Waals surface area contributed by atoms with Crippen LogP contribution in [0.1, 0.15) is 5.69 Å². The number of aromatic hydroxyl groups is 1. The van der Waals surface area contributed by atoms with E-state index in [1.165, 1.54) is 6.21 Å². The molecule has 21 heavy (non-hydrogen) atoms. The first-order valence-electron chi connectivity index (χ1n) is 5.99. The van der Waals surface area contributed by atoms with E-state index in [1.807, 2.05) is 24.3 Å². The van der Waals surface area contributed by atoms with Crippen LogP contribution in [0.4, 0.5) is 5.95 Å². The molecule has 0 amide bonds. The Morgan fingerprint density at radius 3 is 2.57 bits per heavy atom. The van der Waals surface area contributed by atoms with Gasteiger partial charge in [-0.1, -0.05) is 15.9 Å². The predicted octanol–water partition coefficient (Wildman–Crippen LogP) is 3.35. The molecular formula is C14H9BrN4O2. The maximum atomic E-state index is 9.75. The number of aliphatic imine (C=N–C) groups is 1. The number of aromatic nitrogens is 3. The summed E-state index contributed by atoms with van der Waals surface area (Å²) in [7, 11) is 0. The van der Waals surface area contributed by atoms with Gasteiger partial charge in [-0.25, -0.2) is 19.9 Å². The van der Waals surface area contributed by atoms with Crippen molar-refractivity contribution >= 4 is 28.1 Å². The van der Waals surface area contributed by atoms with Crippen LogP contribution in [0.3, 0.4) is 0 Å². The molecule has 0 aliphatic heterocycles. The van der Waals surface area contributed by atoms with Gasteiger partial charge in [0.15, 0.2) is 5.69 Å². The second-order valence-electron chi connectivity index (χ2n) is 4.02. The molecule has 0 unspecified atom stereocenters. The lowest BCUT2D eigenvalue weighted by atomic mass is 10.2. The third-order valence-electron chi connectivity index (χ3n) is 2.58. The topological polar surface area (TPSA) is 84.4 Å². The number of halogens is 1. The molecule has 0 spiro atoms. The summed E-state index contributed by atoms with van der Waals surface area (Å²) in [6.45, 7) is 0. The van der Waals surface area contributed by atoms with Crippen LogP contribution in [0.2, 0.25) is 0 Å². The minimum Gasteiger partial charge on any atom is -0.479 e. The van der Waals surface area contributed by atoms with Gasteiger partial charge in [0.1, 0.15) is 0 Å². The number of hydrogen-bond acceptors (Lipinski definition) is 6. The molecule has 1 N–H and O–H groups in total. The van der Waals surface area contributed by atoms with Gasteiger partial charge in [0, 0.05) is 22.4 Å². The molecule has 0 saturated heterocycles. The van der Waals surface area contributed by atoms with Crippen LogP contribution >= 0.6 is 15.9 Å². The van der Waals surface area contributed by atoms with Crippen molar-refractivity contribution in [1.82, 2.24) is 15.0 Å². The van der Waals surface area contributed by atoms with Gasteiger partial charge in [-0.2, -0.15) is 0 Å². The van der Waals surface area contributed by atoms with E-state index >= 15 is 0 Å². The summed E-state index contributed by atoms with van der Waals surface area (Å²) < 4.78 is 6.18. The molecule has 6 nitrogen and oxygen atoms in total. The Kier molecular flexibility index (Phi) is 3.74. The van der Waals surface area contributed by atoms with Crippen LogP contribution < -0.4 is 0 Å². The zero-order valence-corrected chi connectivity index (χ0v) is 12.2. The maximum absolute atomic E-state index is 9.75. The fourth-order valence-corrected chi connectivity index (χ4v) is 1.87. The Hall–Kier alpha value is -2.54. The largest absolute Gasteiger partial charge is 0.479 e. The Balaban J connectivity index is 1.88. The molecule has 3 rings (SSSR count). The molecule has 0 aliphatic rings. The molecule has 0 aliphatic carbocycles. The van der Waals surface area contributed by atoms with Gasteiger partial charge in [-0.3, -0.25) is 0 Å². The SMILES string of the molecule is Oc1oc(-c2ccc(Br)cc2)nc1C=Nc1ncccn1. The molecule has 0 radical (unpaired) electrons. The van der Waals surface area contributed by atoms with E-state index in [-0.39, 0.29) is 17.6 Å². The molecule has 0 bridgehead atoms. The van der Waals surface area contributed by atoms with Crippen LogP contribution in [-0.2, 0) is 0 Å². The molecule has 2 aromatic heterocycles. The second kappa shape index (κ2) is 5.84. The monoisotopic (exact) mass is 344 g/mol. The highest BCUT2D eigenvalue weighted by Gasteiger charge is 2.12. The lowest BCUT2D eigenvalue weighted by Gasteiger charge is -1.94. The summed E-state index contributed by atoms with van der Waals surface area (Å²) >= 11 is 3.35. The van der Waals surface area contributed by atoms with E-state index < -0.39 is 0 Å². The van der Waals surface area contributed by atoms with Crippen molar-refractivity contribution in [1.29, 1.82) is 0 Å². The molecule has 0 atom stereocenters. The van der Waals surface area contributed by atoms with Gasteiger partial charge in [-0.15, -0.1) is 0 Å². The predicted molar refractivity (Wildman–Crippen MR) is 80.6 cm³/mol. The Morgan fingerprint density at radius 2 is 1.86 bits per heavy atom. The van der Waals surface area contributed by atoms with Crippen LogP contribution in [-0.4, -0.2) is 26.3 Å². The van der Waals surface area contributed by atoms with Crippen LogP contribution in [0.15, 0.2) is 56.6 Å². The zero-order valence-electron chi connectivity index (χ0n) is 10.6. The van der Waals surface area contributed by atoms with Gasteiger partial charge in [0.2, 0.25) is 11.8 Å². The van der Waals surface area contributed by atoms with E-state index in [9.17, 15) is 5.11 Å². The smallest absolute Gasteiger partial charge is 0.312 e. The number of rotatable bonds is 3. The first-order valence-corrected chi connectivity index (χ1v) is 6.78. The zero-order chi connectivity index (χ0) is 14.7. The summed E-state index contributed by atoms with van der Waals surface area (Å²) in [4.78, 5) is 16.1. The number of nitrogens with zero attached hydrogens (tertiary/aromatic N) is 4. The fourth-order valence-electron chi connectivity index (χ4n) is 1.60. The van der Waals surface area contributed by atoms with Crippen LogP contribution in [0.5, 0.6) is 5.95 Å². The van der Waals surface area contributed by atoms with Gasteiger partial charge in [0.05, 0.1) is 6.21 Å². The highest BCUT2D eigenvalue weighted by molar-refractivity contribution is 9.10. The average Bonchev–Trinajstić information content (AvgIpc) is 2.88. The number of oxazole rings is 1. The summed E-state index contributed by atoms with van der Waals surface area (Å²) in [5.41, 5.74) is 0.976. The van der Waals surface area contributed by atoms with E-state index in [2.05, 4.69) is 35.9 Å². The van der Waals surface area contributed by atoms with E-state index in [1.54, 1.807) is 18.5 Å². The molecule has 2 heterocycles. The highest BCUT2D eigenvalue weighted by atomic mass is 79.9. The van der Waals surface area contributed by atoms with E-state index in [0.29, 0.717) is 5.89 Å². The van der Waals surface area contributed by atoms with Gasteiger partial charge < -0.3 is 9.52 Å². The van der Waals surface area contributed by atoms with Crippen molar-refractivity contribution in [2.45, 2.75) is 0 Å². The summed E-state index contributed by atoms with van der Waals surface area (Å²) in [5.74, 6) is 0.299.